The van der Waals surface area contributed by atoms with Crippen molar-refractivity contribution in [2.24, 2.45) is 11.7 Å². The lowest BCUT2D eigenvalue weighted by Crippen LogP contribution is -2.49. The van der Waals surface area contributed by atoms with Crippen LogP contribution in [0, 0.1) is 5.92 Å². The topological polar surface area (TPSA) is 35.2 Å². The Bertz CT molecular complexity index is 218. The van der Waals surface area contributed by atoms with Crippen LogP contribution in [0.2, 0.25) is 0 Å². The molecule has 1 saturated heterocycles. The molecule has 0 aromatic carbocycles. The summed E-state index contributed by atoms with van der Waals surface area (Å²) in [5, 5.41) is 0. The minimum absolute atomic E-state index is 0.260. The van der Waals surface area contributed by atoms with E-state index in [1.54, 1.807) is 0 Å². The van der Waals surface area contributed by atoms with Gasteiger partial charge < -0.3 is 10.5 Å². The molecule has 16 heavy (non-hydrogen) atoms. The molecule has 1 aliphatic carbocycles. The Labute approximate surface area is 104 Å². The van der Waals surface area contributed by atoms with Gasteiger partial charge in [-0.25, -0.2) is 0 Å². The average Bonchev–Trinajstić information content (AvgIpc) is 2.27. The molecule has 1 aliphatic heterocycles. The Morgan fingerprint density at radius 1 is 1.50 bits per heavy atom. The number of thioether (sulfide) groups is 1. The highest BCUT2D eigenvalue weighted by Crippen LogP contribution is 2.44. The van der Waals surface area contributed by atoms with Crippen LogP contribution in [-0.2, 0) is 4.74 Å². The first-order valence-electron chi connectivity index (χ1n) is 6.73. The van der Waals surface area contributed by atoms with Gasteiger partial charge >= 0.3 is 0 Å². The minimum Gasteiger partial charge on any atom is -0.375 e. The zero-order valence-electron chi connectivity index (χ0n) is 10.4. The maximum atomic E-state index is 6.31. The summed E-state index contributed by atoms with van der Waals surface area (Å²) >= 11 is 2.01. The molecule has 1 saturated carbocycles. The molecule has 2 unspecified atom stereocenters. The molecule has 0 aromatic heterocycles. The van der Waals surface area contributed by atoms with Crippen LogP contribution in [0.25, 0.3) is 0 Å². The summed E-state index contributed by atoms with van der Waals surface area (Å²) in [6, 6.07) is 0.387. The first kappa shape index (κ1) is 12.7. The molecule has 2 aliphatic rings. The average molecular weight is 243 g/mol. The van der Waals surface area contributed by atoms with Gasteiger partial charge in [-0.05, 0) is 50.2 Å². The molecule has 2 N–H and O–H groups in total. The van der Waals surface area contributed by atoms with Gasteiger partial charge in [0.2, 0.25) is 0 Å². The lowest BCUT2D eigenvalue weighted by molar-refractivity contribution is -0.145. The maximum absolute atomic E-state index is 6.31. The first-order valence-corrected chi connectivity index (χ1v) is 7.88. The van der Waals surface area contributed by atoms with E-state index in [1.165, 1.54) is 44.3 Å². The third kappa shape index (κ3) is 2.93. The third-order valence-corrected chi connectivity index (χ3v) is 5.38. The van der Waals surface area contributed by atoms with Crippen molar-refractivity contribution in [3.8, 4) is 0 Å². The monoisotopic (exact) mass is 243 g/mol. The number of ether oxygens (including phenoxy) is 1. The van der Waals surface area contributed by atoms with E-state index in [9.17, 15) is 0 Å². The summed E-state index contributed by atoms with van der Waals surface area (Å²) in [5.41, 5.74) is 6.57. The Morgan fingerprint density at radius 3 is 2.94 bits per heavy atom. The molecule has 1 spiro atoms. The summed E-state index contributed by atoms with van der Waals surface area (Å²) < 4.78 is 5.95. The van der Waals surface area contributed by atoms with Crippen LogP contribution in [0.15, 0.2) is 0 Å². The normalized spacial score (nSPS) is 30.0. The van der Waals surface area contributed by atoms with Crippen LogP contribution in [0.5, 0.6) is 0 Å². The Kier molecular flexibility index (Phi) is 4.57. The Hall–Kier alpha value is 0.270. The molecule has 2 nitrogen and oxygen atoms in total. The molecular formula is C13H25NOS. The van der Waals surface area contributed by atoms with Gasteiger partial charge in [0.1, 0.15) is 0 Å². The highest BCUT2D eigenvalue weighted by molar-refractivity contribution is 7.99. The predicted octanol–water partition coefficient (Wildman–Crippen LogP) is 2.81. The van der Waals surface area contributed by atoms with E-state index in [0.717, 1.165) is 12.4 Å². The zero-order valence-corrected chi connectivity index (χ0v) is 11.2. The lowest BCUT2D eigenvalue weighted by Gasteiger charge is -2.48. The fourth-order valence-corrected chi connectivity index (χ4v) is 3.85. The van der Waals surface area contributed by atoms with Crippen molar-refractivity contribution in [1.29, 1.82) is 0 Å². The van der Waals surface area contributed by atoms with Gasteiger partial charge in [0.25, 0.3) is 0 Å². The molecule has 94 valence electrons. The summed E-state index contributed by atoms with van der Waals surface area (Å²) in [7, 11) is 0. The van der Waals surface area contributed by atoms with E-state index in [2.05, 4.69) is 6.92 Å². The Morgan fingerprint density at radius 2 is 2.31 bits per heavy atom. The summed E-state index contributed by atoms with van der Waals surface area (Å²) in [5.74, 6) is 3.09. The maximum Gasteiger partial charge on any atom is 0.0685 e. The first-order chi connectivity index (χ1) is 7.76. The highest BCUT2D eigenvalue weighted by Gasteiger charge is 2.43. The lowest BCUT2D eigenvalue weighted by atomic mass is 9.71. The van der Waals surface area contributed by atoms with Crippen molar-refractivity contribution in [2.45, 2.75) is 57.1 Å². The predicted molar refractivity (Wildman–Crippen MR) is 70.8 cm³/mol. The van der Waals surface area contributed by atoms with Crippen molar-refractivity contribution in [2.75, 3.05) is 18.1 Å². The second-order valence-electron chi connectivity index (χ2n) is 5.38. The quantitative estimate of drug-likeness (QED) is 0.754. The van der Waals surface area contributed by atoms with E-state index in [0.29, 0.717) is 12.0 Å². The number of hydrogen-bond donors (Lipinski definition) is 1. The molecule has 0 aromatic rings. The van der Waals surface area contributed by atoms with E-state index in [4.69, 9.17) is 10.5 Å². The van der Waals surface area contributed by atoms with Crippen LogP contribution in [0.1, 0.15) is 45.4 Å². The third-order valence-electron chi connectivity index (χ3n) is 4.06. The fraction of sp³-hybridized carbons (Fsp3) is 1.00. The number of rotatable bonds is 5. The molecule has 1 heterocycles. The molecule has 2 rings (SSSR count). The van der Waals surface area contributed by atoms with Crippen molar-refractivity contribution in [3.05, 3.63) is 0 Å². The van der Waals surface area contributed by atoms with Crippen molar-refractivity contribution >= 4 is 11.8 Å². The van der Waals surface area contributed by atoms with Gasteiger partial charge in [-0.3, -0.25) is 0 Å². The summed E-state index contributed by atoms with van der Waals surface area (Å²) in [4.78, 5) is 0. The van der Waals surface area contributed by atoms with Crippen LogP contribution < -0.4 is 5.73 Å². The largest absolute Gasteiger partial charge is 0.375 e. The number of hydrogen-bond acceptors (Lipinski definition) is 3. The second kappa shape index (κ2) is 5.74. The standard InChI is InChI=1S/C13H25NOS/c1-2-8-16-10-12(14)11-4-7-15-13(9-11)5-3-6-13/h11-12H,2-10,14H2,1H3. The van der Waals surface area contributed by atoms with Gasteiger partial charge in [-0.2, -0.15) is 11.8 Å². The van der Waals surface area contributed by atoms with Crippen LogP contribution in [-0.4, -0.2) is 29.8 Å². The molecule has 0 radical (unpaired) electrons. The van der Waals surface area contributed by atoms with Gasteiger partial charge in [-0.1, -0.05) is 6.92 Å². The van der Waals surface area contributed by atoms with Crippen molar-refractivity contribution in [1.82, 2.24) is 0 Å². The molecule has 3 heteroatoms. The van der Waals surface area contributed by atoms with Gasteiger partial charge in [0.15, 0.2) is 0 Å². The van der Waals surface area contributed by atoms with Gasteiger partial charge in [-0.15, -0.1) is 0 Å². The van der Waals surface area contributed by atoms with E-state index < -0.39 is 0 Å². The molecular weight excluding hydrogens is 218 g/mol. The smallest absolute Gasteiger partial charge is 0.0685 e. The number of nitrogens with two attached hydrogens (primary N) is 1. The van der Waals surface area contributed by atoms with Crippen LogP contribution in [0.4, 0.5) is 0 Å². The van der Waals surface area contributed by atoms with Gasteiger partial charge in [0.05, 0.1) is 5.60 Å². The SMILES string of the molecule is CCCSCC(N)C1CCOC2(CCC2)C1. The fourth-order valence-electron chi connectivity index (χ4n) is 2.85. The second-order valence-corrected chi connectivity index (χ2v) is 6.53. The summed E-state index contributed by atoms with van der Waals surface area (Å²) in [6.45, 7) is 3.17. The van der Waals surface area contributed by atoms with E-state index in [1.807, 2.05) is 11.8 Å². The molecule has 0 bridgehead atoms. The molecule has 0 amide bonds. The van der Waals surface area contributed by atoms with Crippen LogP contribution in [0.3, 0.4) is 0 Å². The zero-order chi connectivity index (χ0) is 11.4. The Balaban J connectivity index is 1.75. The molecule has 2 fully saturated rings. The van der Waals surface area contributed by atoms with E-state index in [-0.39, 0.29) is 5.60 Å². The molecule has 2 atom stereocenters. The van der Waals surface area contributed by atoms with Crippen LogP contribution >= 0.6 is 11.8 Å². The minimum atomic E-state index is 0.260. The highest BCUT2D eigenvalue weighted by atomic mass is 32.2. The van der Waals surface area contributed by atoms with Crippen molar-refractivity contribution in [3.63, 3.8) is 0 Å². The van der Waals surface area contributed by atoms with Crippen molar-refractivity contribution < 1.29 is 4.74 Å². The summed E-state index contributed by atoms with van der Waals surface area (Å²) in [6.07, 6.45) is 7.56. The van der Waals surface area contributed by atoms with E-state index >= 15 is 0 Å². The van der Waals surface area contributed by atoms with Gasteiger partial charge in [0, 0.05) is 18.4 Å².